The van der Waals surface area contributed by atoms with Crippen LogP contribution in [0.25, 0.3) is 0 Å². The summed E-state index contributed by atoms with van der Waals surface area (Å²) < 4.78 is 0. The molecule has 0 N–H and O–H groups in total. The second-order valence-electron chi connectivity index (χ2n) is 3.91. The van der Waals surface area contributed by atoms with Crippen molar-refractivity contribution < 1.29 is 0 Å². The van der Waals surface area contributed by atoms with Gasteiger partial charge in [-0.15, -0.1) is 0 Å². The molecule has 1 atom stereocenters. The van der Waals surface area contributed by atoms with Crippen molar-refractivity contribution in [3.8, 4) is 0 Å². The minimum Gasteiger partial charge on any atom is -0.0885 e. The maximum Gasteiger partial charge on any atom is -0.0351 e. The summed E-state index contributed by atoms with van der Waals surface area (Å²) in [7, 11) is 0. The second-order valence-corrected chi connectivity index (χ2v) is 3.91. The van der Waals surface area contributed by atoms with Crippen molar-refractivity contribution in [2.24, 2.45) is 5.92 Å². The predicted octanol–water partition coefficient (Wildman–Crippen LogP) is 4.13. The summed E-state index contributed by atoms with van der Waals surface area (Å²) in [5, 5.41) is 0. The van der Waals surface area contributed by atoms with Gasteiger partial charge in [0.25, 0.3) is 0 Å². The highest BCUT2D eigenvalue weighted by atomic mass is 14.1. The van der Waals surface area contributed by atoms with Crippen LogP contribution in [-0.4, -0.2) is 0 Å². The van der Waals surface area contributed by atoms with Crippen LogP contribution in [0.15, 0.2) is 12.2 Å². The molecule has 0 aromatic heterocycles. The Kier molecular flexibility index (Phi) is 5.14. The smallest absolute Gasteiger partial charge is 0.0351 e. The summed E-state index contributed by atoms with van der Waals surface area (Å²) in [4.78, 5) is 0. The molecule has 1 aliphatic rings. The summed E-state index contributed by atoms with van der Waals surface area (Å²) >= 11 is 0. The third-order valence-electron chi connectivity index (χ3n) is 2.63. The van der Waals surface area contributed by atoms with E-state index in [2.05, 4.69) is 19.1 Å². The fourth-order valence-electron chi connectivity index (χ4n) is 1.78. The van der Waals surface area contributed by atoms with Crippen LogP contribution in [0.1, 0.15) is 51.4 Å². The van der Waals surface area contributed by atoms with Crippen LogP contribution in [-0.2, 0) is 0 Å². The third-order valence-corrected chi connectivity index (χ3v) is 2.63. The molecular formula is C12H21. The molecule has 0 saturated heterocycles. The van der Waals surface area contributed by atoms with Gasteiger partial charge in [0.2, 0.25) is 0 Å². The van der Waals surface area contributed by atoms with Gasteiger partial charge in [-0.3, -0.25) is 0 Å². The van der Waals surface area contributed by atoms with Crippen molar-refractivity contribution in [3.05, 3.63) is 19.1 Å². The maximum atomic E-state index is 4.18. The van der Waals surface area contributed by atoms with E-state index in [1.54, 1.807) is 0 Å². The summed E-state index contributed by atoms with van der Waals surface area (Å²) in [6.45, 7) is 4.18. The van der Waals surface area contributed by atoms with Crippen molar-refractivity contribution in [1.29, 1.82) is 0 Å². The fourth-order valence-corrected chi connectivity index (χ4v) is 1.78. The molecule has 1 unspecified atom stereocenters. The topological polar surface area (TPSA) is 0 Å². The van der Waals surface area contributed by atoms with Crippen molar-refractivity contribution in [2.75, 3.05) is 0 Å². The molecule has 0 bridgehead atoms. The van der Waals surface area contributed by atoms with Gasteiger partial charge in [-0.25, -0.2) is 0 Å². The molecule has 0 amide bonds. The van der Waals surface area contributed by atoms with E-state index in [4.69, 9.17) is 0 Å². The molecular weight excluding hydrogens is 144 g/mol. The Bertz CT molecular complexity index is 124. The molecule has 1 aliphatic carbocycles. The van der Waals surface area contributed by atoms with Crippen LogP contribution in [0, 0.1) is 12.8 Å². The highest BCUT2D eigenvalue weighted by Crippen LogP contribution is 2.17. The van der Waals surface area contributed by atoms with Gasteiger partial charge in [-0.1, -0.05) is 44.8 Å². The average Bonchev–Trinajstić information content (AvgIpc) is 2.11. The maximum absolute atomic E-state index is 4.18. The molecule has 1 radical (unpaired) electrons. The van der Waals surface area contributed by atoms with E-state index in [9.17, 15) is 0 Å². The third kappa shape index (κ3) is 4.58. The monoisotopic (exact) mass is 165 g/mol. The lowest BCUT2D eigenvalue weighted by Crippen LogP contribution is -1.94. The second kappa shape index (κ2) is 6.28. The lowest BCUT2D eigenvalue weighted by molar-refractivity contribution is 0.490. The molecule has 0 nitrogen and oxygen atoms in total. The van der Waals surface area contributed by atoms with Crippen LogP contribution in [0.4, 0.5) is 0 Å². The zero-order valence-corrected chi connectivity index (χ0v) is 8.10. The Balaban J connectivity index is 2.21. The predicted molar refractivity (Wildman–Crippen MR) is 54.9 cm³/mol. The first-order chi connectivity index (χ1) is 5.89. The van der Waals surface area contributed by atoms with E-state index in [1.165, 1.54) is 51.4 Å². The van der Waals surface area contributed by atoms with Crippen LogP contribution >= 0.6 is 0 Å². The highest BCUT2D eigenvalue weighted by Gasteiger charge is 2.01. The molecule has 69 valence electrons. The van der Waals surface area contributed by atoms with E-state index < -0.39 is 0 Å². The van der Waals surface area contributed by atoms with Crippen LogP contribution in [0.2, 0.25) is 0 Å². The highest BCUT2D eigenvalue weighted by molar-refractivity contribution is 4.82. The number of hydrogen-bond acceptors (Lipinski definition) is 0. The minimum atomic E-state index is 0.719. The zero-order chi connectivity index (χ0) is 8.65. The van der Waals surface area contributed by atoms with Crippen LogP contribution in [0.3, 0.4) is 0 Å². The zero-order valence-electron chi connectivity index (χ0n) is 8.10. The van der Waals surface area contributed by atoms with E-state index in [0.29, 0.717) is 0 Å². The Hall–Kier alpha value is -0.260. The SMILES string of the molecule is [CH2]C1CCC/C=C\CCCCC1. The summed E-state index contributed by atoms with van der Waals surface area (Å²) in [5.74, 6) is 0.719. The number of allylic oxidation sites excluding steroid dienone is 2. The quantitative estimate of drug-likeness (QED) is 0.473. The van der Waals surface area contributed by atoms with Crippen molar-refractivity contribution >= 4 is 0 Å². The summed E-state index contributed by atoms with van der Waals surface area (Å²) in [6, 6.07) is 0. The average molecular weight is 165 g/mol. The molecule has 0 aromatic carbocycles. The molecule has 0 saturated carbocycles. The lowest BCUT2D eigenvalue weighted by Gasteiger charge is -2.08. The Morgan fingerprint density at radius 1 is 0.833 bits per heavy atom. The Labute approximate surface area is 77.1 Å². The van der Waals surface area contributed by atoms with Crippen LogP contribution in [0.5, 0.6) is 0 Å². The van der Waals surface area contributed by atoms with Gasteiger partial charge in [-0.2, -0.15) is 0 Å². The van der Waals surface area contributed by atoms with E-state index in [0.717, 1.165) is 5.92 Å². The minimum absolute atomic E-state index is 0.719. The molecule has 0 heteroatoms. The van der Waals surface area contributed by atoms with Gasteiger partial charge in [-0.05, 0) is 31.6 Å². The molecule has 0 spiro atoms. The molecule has 0 heterocycles. The molecule has 1 rings (SSSR count). The van der Waals surface area contributed by atoms with Crippen molar-refractivity contribution in [1.82, 2.24) is 0 Å². The fraction of sp³-hybridized carbons (Fsp3) is 0.750. The van der Waals surface area contributed by atoms with Gasteiger partial charge in [0.05, 0.1) is 0 Å². The van der Waals surface area contributed by atoms with E-state index in [1.807, 2.05) is 0 Å². The van der Waals surface area contributed by atoms with E-state index in [-0.39, 0.29) is 0 Å². The summed E-state index contributed by atoms with van der Waals surface area (Å²) in [6.07, 6.45) is 15.4. The van der Waals surface area contributed by atoms with Gasteiger partial charge in [0.15, 0.2) is 0 Å². The van der Waals surface area contributed by atoms with Crippen molar-refractivity contribution in [3.63, 3.8) is 0 Å². The van der Waals surface area contributed by atoms with Crippen molar-refractivity contribution in [2.45, 2.75) is 51.4 Å². The van der Waals surface area contributed by atoms with Gasteiger partial charge in [0.1, 0.15) is 0 Å². The largest absolute Gasteiger partial charge is 0.0885 e. The van der Waals surface area contributed by atoms with Crippen LogP contribution < -0.4 is 0 Å². The number of rotatable bonds is 0. The summed E-state index contributed by atoms with van der Waals surface area (Å²) in [5.41, 5.74) is 0. The standard InChI is InChI=1S/C12H21/c1-12-10-8-6-4-2-3-5-7-9-11-12/h2,4,12H,1,3,5-11H2/b4-2-. The first-order valence-corrected chi connectivity index (χ1v) is 5.37. The normalized spacial score (nSPS) is 30.6. The molecule has 12 heavy (non-hydrogen) atoms. The first kappa shape index (κ1) is 9.83. The van der Waals surface area contributed by atoms with E-state index >= 15 is 0 Å². The van der Waals surface area contributed by atoms with Gasteiger partial charge >= 0.3 is 0 Å². The molecule has 0 fully saturated rings. The van der Waals surface area contributed by atoms with Gasteiger partial charge in [0, 0.05) is 0 Å². The lowest BCUT2D eigenvalue weighted by atomic mass is 9.98. The number of hydrogen-bond donors (Lipinski definition) is 0. The van der Waals surface area contributed by atoms with Gasteiger partial charge < -0.3 is 0 Å². The Morgan fingerprint density at radius 3 is 2.33 bits per heavy atom. The molecule has 0 aliphatic heterocycles. The molecule has 0 aromatic rings. The Morgan fingerprint density at radius 2 is 1.50 bits per heavy atom. The first-order valence-electron chi connectivity index (χ1n) is 5.37.